The second-order valence-corrected chi connectivity index (χ2v) is 10.7. The van der Waals surface area contributed by atoms with Gasteiger partial charge in [-0.3, -0.25) is 14.7 Å². The van der Waals surface area contributed by atoms with Gasteiger partial charge < -0.3 is 29.0 Å². The zero-order valence-corrected chi connectivity index (χ0v) is 25.3. The first kappa shape index (κ1) is 31.8. The summed E-state index contributed by atoms with van der Waals surface area (Å²) in [5.74, 6) is -2.65. The van der Waals surface area contributed by atoms with Gasteiger partial charge in [0.05, 0.1) is 49.8 Å². The van der Waals surface area contributed by atoms with E-state index in [2.05, 4.69) is 25.1 Å². The Morgan fingerprint density at radius 3 is 2.60 bits per heavy atom. The number of hydrogen-bond acceptors (Lipinski definition) is 9. The van der Waals surface area contributed by atoms with Crippen molar-refractivity contribution >= 4 is 33.4 Å². The summed E-state index contributed by atoms with van der Waals surface area (Å²) in [6, 6.07) is 10.8. The summed E-state index contributed by atoms with van der Waals surface area (Å²) < 4.78 is 66.2. The Balaban J connectivity index is 1.12. The lowest BCUT2D eigenvalue weighted by molar-refractivity contribution is -0.117. The molecule has 47 heavy (non-hydrogen) atoms. The van der Waals surface area contributed by atoms with Crippen LogP contribution in [-0.2, 0) is 16.0 Å². The molecule has 1 aliphatic rings. The van der Waals surface area contributed by atoms with Crippen molar-refractivity contribution in [3.63, 3.8) is 0 Å². The summed E-state index contributed by atoms with van der Waals surface area (Å²) in [6.07, 6.45) is 2.01. The Hall–Kier alpha value is -5.21. The summed E-state index contributed by atoms with van der Waals surface area (Å²) in [4.78, 5) is 21.5. The highest BCUT2D eigenvalue weighted by Crippen LogP contribution is 2.39. The number of halogens is 3. The average molecular weight is 650 g/mol. The maximum atomic E-state index is 15.1. The molecular formula is C33H30F3N5O6. The number of morpholine rings is 1. The number of carbonyl (C=O) groups excluding carboxylic acids is 1. The molecule has 1 amide bonds. The molecule has 2 aromatic heterocycles. The molecule has 6 rings (SSSR count). The van der Waals surface area contributed by atoms with Crippen LogP contribution >= 0.6 is 0 Å². The van der Waals surface area contributed by atoms with Crippen molar-refractivity contribution < 1.29 is 42.0 Å². The first-order valence-electron chi connectivity index (χ1n) is 14.8. The van der Waals surface area contributed by atoms with E-state index in [4.69, 9.17) is 18.9 Å². The van der Waals surface area contributed by atoms with Gasteiger partial charge in [-0.25, -0.2) is 13.2 Å². The van der Waals surface area contributed by atoms with Crippen molar-refractivity contribution in [2.75, 3.05) is 46.6 Å². The third-order valence-corrected chi connectivity index (χ3v) is 7.61. The number of fused-ring (bicyclic) bond motifs is 2. The minimum absolute atomic E-state index is 0.0982. The van der Waals surface area contributed by atoms with Crippen molar-refractivity contribution in [1.82, 2.24) is 14.9 Å². The van der Waals surface area contributed by atoms with Gasteiger partial charge in [-0.2, -0.15) is 0 Å². The van der Waals surface area contributed by atoms with E-state index in [0.29, 0.717) is 34.8 Å². The van der Waals surface area contributed by atoms with Crippen LogP contribution in [0.2, 0.25) is 0 Å². The zero-order valence-electron chi connectivity index (χ0n) is 25.3. The Morgan fingerprint density at radius 1 is 1.00 bits per heavy atom. The number of aromatic amines is 1. The number of azo groups is 1. The van der Waals surface area contributed by atoms with Crippen LogP contribution in [0.4, 0.5) is 18.9 Å². The fraction of sp³-hybridized carbons (Fsp3) is 0.273. The summed E-state index contributed by atoms with van der Waals surface area (Å²) in [5, 5.41) is 17.4. The van der Waals surface area contributed by atoms with Crippen LogP contribution in [0.15, 0.2) is 65.0 Å². The molecule has 0 saturated carbocycles. The molecule has 14 heteroatoms. The smallest absolute Gasteiger partial charge is 0.269 e. The quantitative estimate of drug-likeness (QED) is 0.121. The lowest BCUT2D eigenvalue weighted by Gasteiger charge is -2.26. The number of ether oxygens (including phenoxy) is 4. The van der Waals surface area contributed by atoms with E-state index in [1.54, 1.807) is 18.2 Å². The van der Waals surface area contributed by atoms with Crippen LogP contribution in [-0.4, -0.2) is 72.4 Å². The van der Waals surface area contributed by atoms with E-state index in [1.165, 1.54) is 25.4 Å². The highest BCUT2D eigenvalue weighted by Gasteiger charge is 2.19. The highest BCUT2D eigenvalue weighted by molar-refractivity contribution is 5.95. The number of pyridine rings is 1. The number of rotatable bonds is 11. The molecule has 0 radical (unpaired) electrons. The van der Waals surface area contributed by atoms with E-state index < -0.39 is 34.9 Å². The first-order chi connectivity index (χ1) is 22.8. The maximum absolute atomic E-state index is 15.1. The number of aromatic hydroxyl groups is 1. The minimum atomic E-state index is -0.860. The molecule has 3 aromatic carbocycles. The SMILES string of the molecule is COc1cc2c(Oc3ccc(CC(=O)N=Nc4c(O)[nH]c5c(F)ccc(F)c45)cc3F)ccnc2cc1OCCCN1CCOCC1. The minimum Gasteiger partial charge on any atom is -0.493 e. The molecule has 0 aliphatic carbocycles. The largest absolute Gasteiger partial charge is 0.493 e. The van der Waals surface area contributed by atoms with Gasteiger partial charge >= 0.3 is 0 Å². The molecule has 3 heterocycles. The van der Waals surface area contributed by atoms with E-state index >= 15 is 4.39 Å². The standard InChI is InChI=1S/C33H30F3N5O6/c1-44-27-17-20-24(18-28(27)46-12-2-9-41-10-13-45-14-11-41)37-8-7-25(20)47-26-6-3-19(15-23(26)36)16-29(42)39-40-32-30-21(34)4-5-22(35)31(30)38-33(32)43/h3-8,15,17-18,38,43H,2,9-14,16H2,1H3. The van der Waals surface area contributed by atoms with Crippen molar-refractivity contribution in [2.45, 2.75) is 12.8 Å². The zero-order chi connectivity index (χ0) is 32.9. The van der Waals surface area contributed by atoms with E-state index in [-0.39, 0.29) is 28.6 Å². The van der Waals surface area contributed by atoms with Crippen LogP contribution in [0, 0.1) is 17.5 Å². The molecule has 1 aliphatic heterocycles. The second-order valence-electron chi connectivity index (χ2n) is 10.7. The first-order valence-corrected chi connectivity index (χ1v) is 14.8. The number of methoxy groups -OCH3 is 1. The van der Waals surface area contributed by atoms with E-state index in [0.717, 1.165) is 57.5 Å². The Morgan fingerprint density at radius 2 is 1.81 bits per heavy atom. The van der Waals surface area contributed by atoms with Gasteiger partial charge in [0.2, 0.25) is 5.88 Å². The number of hydrogen-bond donors (Lipinski definition) is 2. The molecule has 1 saturated heterocycles. The van der Waals surface area contributed by atoms with Gasteiger partial charge in [-0.1, -0.05) is 6.07 Å². The normalized spacial score (nSPS) is 13.9. The van der Waals surface area contributed by atoms with Crippen LogP contribution in [0.5, 0.6) is 28.9 Å². The third-order valence-electron chi connectivity index (χ3n) is 7.61. The van der Waals surface area contributed by atoms with Gasteiger partial charge in [0.15, 0.2) is 28.8 Å². The number of benzene rings is 3. The molecule has 0 unspecified atom stereocenters. The molecule has 5 aromatic rings. The summed E-state index contributed by atoms with van der Waals surface area (Å²) in [5.41, 5.74) is 0.0778. The van der Waals surface area contributed by atoms with Crippen LogP contribution in [0.1, 0.15) is 12.0 Å². The fourth-order valence-corrected chi connectivity index (χ4v) is 5.25. The van der Waals surface area contributed by atoms with E-state index in [1.807, 2.05) is 0 Å². The average Bonchev–Trinajstić information content (AvgIpc) is 3.42. The monoisotopic (exact) mass is 649 g/mol. The van der Waals surface area contributed by atoms with Gasteiger partial charge in [0.25, 0.3) is 5.91 Å². The second kappa shape index (κ2) is 14.1. The molecule has 0 bridgehead atoms. The van der Waals surface area contributed by atoms with Crippen LogP contribution < -0.4 is 14.2 Å². The van der Waals surface area contributed by atoms with E-state index in [9.17, 15) is 18.7 Å². The Kier molecular flexibility index (Phi) is 9.50. The van der Waals surface area contributed by atoms with Crippen molar-refractivity contribution in [2.24, 2.45) is 10.2 Å². The summed E-state index contributed by atoms with van der Waals surface area (Å²) in [6.45, 7) is 4.69. The third kappa shape index (κ3) is 7.13. The topological polar surface area (TPSA) is 131 Å². The molecule has 244 valence electrons. The molecule has 0 spiro atoms. The molecule has 2 N–H and O–H groups in total. The van der Waals surface area contributed by atoms with Gasteiger partial charge in [0.1, 0.15) is 17.4 Å². The molecular weight excluding hydrogens is 619 g/mol. The van der Waals surface area contributed by atoms with Gasteiger partial charge in [-0.05, 0) is 48.4 Å². The van der Waals surface area contributed by atoms with Gasteiger partial charge in [-0.15, -0.1) is 10.2 Å². The van der Waals surface area contributed by atoms with Crippen molar-refractivity contribution in [3.05, 3.63) is 77.7 Å². The predicted octanol–water partition coefficient (Wildman–Crippen LogP) is 6.59. The number of nitrogens with zero attached hydrogens (tertiary/aromatic N) is 4. The maximum Gasteiger partial charge on any atom is 0.269 e. The fourth-order valence-electron chi connectivity index (χ4n) is 5.25. The van der Waals surface area contributed by atoms with Crippen LogP contribution in [0.25, 0.3) is 21.8 Å². The molecule has 11 nitrogen and oxygen atoms in total. The summed E-state index contributed by atoms with van der Waals surface area (Å²) >= 11 is 0. The Labute approximate surface area is 266 Å². The summed E-state index contributed by atoms with van der Waals surface area (Å²) in [7, 11) is 1.53. The van der Waals surface area contributed by atoms with Gasteiger partial charge in [0, 0.05) is 37.3 Å². The molecule has 0 atom stereocenters. The number of amides is 1. The number of carbonyl (C=O) groups is 1. The van der Waals surface area contributed by atoms with Crippen LogP contribution in [0.3, 0.4) is 0 Å². The van der Waals surface area contributed by atoms with Crippen molar-refractivity contribution in [3.8, 4) is 28.9 Å². The molecule has 1 fully saturated rings. The lowest BCUT2D eigenvalue weighted by atomic mass is 10.1. The highest BCUT2D eigenvalue weighted by atomic mass is 19.1. The Bertz CT molecular complexity index is 1960. The predicted molar refractivity (Wildman–Crippen MR) is 165 cm³/mol. The number of H-pyrrole nitrogens is 1. The number of nitrogens with one attached hydrogen (secondary N) is 1. The number of aromatic nitrogens is 2. The lowest BCUT2D eigenvalue weighted by Crippen LogP contribution is -2.37. The van der Waals surface area contributed by atoms with Crippen molar-refractivity contribution in [1.29, 1.82) is 0 Å².